The van der Waals surface area contributed by atoms with Crippen LogP contribution < -0.4 is 5.73 Å². The fourth-order valence-electron chi connectivity index (χ4n) is 1.90. The molecular formula is C14H17FN2S. The number of hydrogen-bond acceptors (Lipinski definition) is 3. The maximum absolute atomic E-state index is 13.3. The molecule has 2 aromatic rings. The highest BCUT2D eigenvalue weighted by Crippen LogP contribution is 2.33. The number of aromatic nitrogens is 1. The number of aryl methyl sites for hydroxylation is 1. The van der Waals surface area contributed by atoms with E-state index in [2.05, 4.69) is 18.8 Å². The van der Waals surface area contributed by atoms with E-state index in [-0.39, 0.29) is 5.82 Å². The van der Waals surface area contributed by atoms with Crippen LogP contribution in [0.5, 0.6) is 0 Å². The zero-order valence-corrected chi connectivity index (χ0v) is 11.6. The predicted octanol–water partition coefficient (Wildman–Crippen LogP) is 3.84. The molecule has 18 heavy (non-hydrogen) atoms. The normalized spacial score (nSPS) is 11.2. The van der Waals surface area contributed by atoms with Crippen molar-refractivity contribution in [2.75, 3.05) is 0 Å². The van der Waals surface area contributed by atoms with Crippen molar-refractivity contribution in [3.8, 4) is 10.6 Å². The second kappa shape index (κ2) is 5.16. The molecule has 0 aliphatic carbocycles. The van der Waals surface area contributed by atoms with Crippen molar-refractivity contribution >= 4 is 11.3 Å². The van der Waals surface area contributed by atoms with Crippen LogP contribution in [0.25, 0.3) is 10.6 Å². The number of hydrogen-bond donors (Lipinski definition) is 1. The summed E-state index contributed by atoms with van der Waals surface area (Å²) in [7, 11) is 0. The van der Waals surface area contributed by atoms with Crippen LogP contribution in [0.1, 0.15) is 35.9 Å². The number of benzene rings is 1. The van der Waals surface area contributed by atoms with E-state index in [1.807, 2.05) is 6.92 Å². The molecule has 0 amide bonds. The minimum absolute atomic E-state index is 0.230. The topological polar surface area (TPSA) is 38.9 Å². The van der Waals surface area contributed by atoms with Gasteiger partial charge in [-0.05, 0) is 30.5 Å². The summed E-state index contributed by atoms with van der Waals surface area (Å²) in [6.45, 7) is 6.64. The molecule has 0 saturated carbocycles. The number of thiazole rings is 1. The lowest BCUT2D eigenvalue weighted by Crippen LogP contribution is -1.99. The van der Waals surface area contributed by atoms with E-state index in [0.29, 0.717) is 12.5 Å². The molecule has 0 bridgehead atoms. The van der Waals surface area contributed by atoms with Crippen LogP contribution in [-0.2, 0) is 6.54 Å². The molecule has 2 nitrogen and oxygen atoms in total. The van der Waals surface area contributed by atoms with Gasteiger partial charge in [-0.25, -0.2) is 9.37 Å². The minimum Gasteiger partial charge on any atom is -0.326 e. The Balaban J connectivity index is 2.54. The third kappa shape index (κ3) is 2.44. The average molecular weight is 264 g/mol. The van der Waals surface area contributed by atoms with Gasteiger partial charge >= 0.3 is 0 Å². The molecule has 1 aromatic heterocycles. The van der Waals surface area contributed by atoms with Crippen molar-refractivity contribution in [1.82, 2.24) is 4.98 Å². The monoisotopic (exact) mass is 264 g/mol. The quantitative estimate of drug-likeness (QED) is 0.914. The maximum atomic E-state index is 13.3. The van der Waals surface area contributed by atoms with Gasteiger partial charge in [-0.3, -0.25) is 0 Å². The fourth-order valence-corrected chi connectivity index (χ4v) is 3.08. The molecule has 1 aromatic carbocycles. The van der Waals surface area contributed by atoms with Crippen LogP contribution in [0.3, 0.4) is 0 Å². The Hall–Kier alpha value is -1.26. The standard InChI is InChI=1S/C14H17FN2S/c1-8(2)13-12(7-16)18-14(17-13)11-6-10(15)5-4-9(11)3/h4-6,8H,7,16H2,1-3H3. The average Bonchev–Trinajstić information content (AvgIpc) is 2.76. The van der Waals surface area contributed by atoms with E-state index < -0.39 is 0 Å². The van der Waals surface area contributed by atoms with Gasteiger partial charge in [0, 0.05) is 17.0 Å². The number of rotatable bonds is 3. The number of nitrogens with two attached hydrogens (primary N) is 1. The zero-order chi connectivity index (χ0) is 13.3. The Bertz CT molecular complexity index is 561. The van der Waals surface area contributed by atoms with E-state index >= 15 is 0 Å². The third-order valence-corrected chi connectivity index (χ3v) is 4.02. The first-order valence-electron chi connectivity index (χ1n) is 5.99. The van der Waals surface area contributed by atoms with E-state index in [1.165, 1.54) is 6.07 Å². The molecule has 2 rings (SSSR count). The molecule has 0 aliphatic rings. The molecular weight excluding hydrogens is 247 g/mol. The fraction of sp³-hybridized carbons (Fsp3) is 0.357. The summed E-state index contributed by atoms with van der Waals surface area (Å²) in [5, 5.41) is 0.858. The molecule has 0 aliphatic heterocycles. The van der Waals surface area contributed by atoms with Gasteiger partial charge < -0.3 is 5.73 Å². The lowest BCUT2D eigenvalue weighted by Gasteiger charge is -2.03. The highest BCUT2D eigenvalue weighted by atomic mass is 32.1. The van der Waals surface area contributed by atoms with Crippen molar-refractivity contribution in [1.29, 1.82) is 0 Å². The van der Waals surface area contributed by atoms with Crippen molar-refractivity contribution in [3.05, 3.63) is 40.2 Å². The molecule has 0 saturated heterocycles. The molecule has 2 N–H and O–H groups in total. The Morgan fingerprint density at radius 2 is 2.11 bits per heavy atom. The third-order valence-electron chi connectivity index (χ3n) is 2.89. The summed E-state index contributed by atoms with van der Waals surface area (Å²) >= 11 is 1.56. The predicted molar refractivity (Wildman–Crippen MR) is 74.2 cm³/mol. The first-order valence-corrected chi connectivity index (χ1v) is 6.80. The zero-order valence-electron chi connectivity index (χ0n) is 10.8. The molecule has 0 unspecified atom stereocenters. The van der Waals surface area contributed by atoms with Gasteiger partial charge in [0.15, 0.2) is 0 Å². The smallest absolute Gasteiger partial charge is 0.124 e. The Labute approximate surface area is 111 Å². The van der Waals surface area contributed by atoms with Crippen LogP contribution in [0.2, 0.25) is 0 Å². The van der Waals surface area contributed by atoms with Crippen molar-refractivity contribution < 1.29 is 4.39 Å². The molecule has 96 valence electrons. The van der Waals surface area contributed by atoms with Gasteiger partial charge in [0.25, 0.3) is 0 Å². The van der Waals surface area contributed by atoms with E-state index in [4.69, 9.17) is 5.73 Å². The first-order chi connectivity index (χ1) is 8.52. The maximum Gasteiger partial charge on any atom is 0.124 e. The number of halogens is 1. The molecule has 0 atom stereocenters. The highest BCUT2D eigenvalue weighted by molar-refractivity contribution is 7.15. The Morgan fingerprint density at radius 3 is 2.67 bits per heavy atom. The lowest BCUT2D eigenvalue weighted by molar-refractivity contribution is 0.628. The molecule has 0 radical (unpaired) electrons. The van der Waals surface area contributed by atoms with E-state index in [9.17, 15) is 4.39 Å². The molecule has 0 spiro atoms. The summed E-state index contributed by atoms with van der Waals surface area (Å²) < 4.78 is 13.3. The summed E-state index contributed by atoms with van der Waals surface area (Å²) in [6.07, 6.45) is 0. The van der Waals surface area contributed by atoms with Crippen molar-refractivity contribution in [2.45, 2.75) is 33.2 Å². The van der Waals surface area contributed by atoms with E-state index in [0.717, 1.165) is 26.7 Å². The van der Waals surface area contributed by atoms with Crippen LogP contribution in [0.15, 0.2) is 18.2 Å². The van der Waals surface area contributed by atoms with Crippen LogP contribution in [0, 0.1) is 12.7 Å². The van der Waals surface area contributed by atoms with Gasteiger partial charge in [0.2, 0.25) is 0 Å². The van der Waals surface area contributed by atoms with Gasteiger partial charge in [-0.1, -0.05) is 19.9 Å². The molecule has 4 heteroatoms. The number of nitrogens with zero attached hydrogens (tertiary/aromatic N) is 1. The van der Waals surface area contributed by atoms with Gasteiger partial charge in [-0.2, -0.15) is 0 Å². The lowest BCUT2D eigenvalue weighted by atomic mass is 10.1. The summed E-state index contributed by atoms with van der Waals surface area (Å²) in [6, 6.07) is 4.79. The molecule has 1 heterocycles. The second-order valence-electron chi connectivity index (χ2n) is 4.65. The van der Waals surface area contributed by atoms with Gasteiger partial charge in [-0.15, -0.1) is 11.3 Å². The van der Waals surface area contributed by atoms with Crippen LogP contribution >= 0.6 is 11.3 Å². The van der Waals surface area contributed by atoms with Gasteiger partial charge in [0.05, 0.1) is 5.69 Å². The summed E-state index contributed by atoms with van der Waals surface area (Å²) in [4.78, 5) is 5.71. The summed E-state index contributed by atoms with van der Waals surface area (Å²) in [5.74, 6) is 0.105. The Morgan fingerprint density at radius 1 is 1.39 bits per heavy atom. The minimum atomic E-state index is -0.230. The van der Waals surface area contributed by atoms with Gasteiger partial charge in [0.1, 0.15) is 10.8 Å². The second-order valence-corrected chi connectivity index (χ2v) is 5.73. The Kier molecular flexibility index (Phi) is 3.78. The SMILES string of the molecule is Cc1ccc(F)cc1-c1nc(C(C)C)c(CN)s1. The largest absolute Gasteiger partial charge is 0.326 e. The van der Waals surface area contributed by atoms with Crippen LogP contribution in [-0.4, -0.2) is 4.98 Å². The first kappa shape index (κ1) is 13.2. The highest BCUT2D eigenvalue weighted by Gasteiger charge is 2.15. The van der Waals surface area contributed by atoms with Crippen molar-refractivity contribution in [3.63, 3.8) is 0 Å². The van der Waals surface area contributed by atoms with Crippen LogP contribution in [0.4, 0.5) is 4.39 Å². The molecule has 0 fully saturated rings. The van der Waals surface area contributed by atoms with E-state index in [1.54, 1.807) is 23.5 Å². The van der Waals surface area contributed by atoms with Crippen molar-refractivity contribution in [2.24, 2.45) is 5.73 Å². The summed E-state index contributed by atoms with van der Waals surface area (Å²) in [5.41, 5.74) is 8.67.